The third-order valence-electron chi connectivity index (χ3n) is 4.86. The molecule has 29 heavy (non-hydrogen) atoms. The minimum absolute atomic E-state index is 0.0357. The number of benzene rings is 1. The van der Waals surface area contributed by atoms with Gasteiger partial charge in [0.2, 0.25) is 0 Å². The average Bonchev–Trinajstić information content (AvgIpc) is 2.97. The molecule has 10 heteroatoms. The molecule has 3 rings (SSSR count). The van der Waals surface area contributed by atoms with Crippen LogP contribution in [0, 0.1) is 5.82 Å². The van der Waals surface area contributed by atoms with Gasteiger partial charge in [-0.15, -0.1) is 5.10 Å². The van der Waals surface area contributed by atoms with Crippen LogP contribution in [0.1, 0.15) is 48.3 Å². The summed E-state index contributed by atoms with van der Waals surface area (Å²) in [6, 6.07) is 4.31. The summed E-state index contributed by atoms with van der Waals surface area (Å²) in [7, 11) is 0. The molecule has 0 saturated carbocycles. The summed E-state index contributed by atoms with van der Waals surface area (Å²) in [5, 5.41) is 9.41. The van der Waals surface area contributed by atoms with Crippen molar-refractivity contribution >= 4 is 5.91 Å². The SMILES string of the molecule is O=C(NCCCN1CCCCCC1)c1nnn(-c2ccc(F)cc2)c1C(F)(F)F. The normalized spacial score (nSPS) is 15.9. The number of hydrogen-bond acceptors (Lipinski definition) is 4. The molecule has 0 radical (unpaired) electrons. The number of alkyl halides is 3. The molecule has 1 aliphatic heterocycles. The van der Waals surface area contributed by atoms with Gasteiger partial charge in [0.15, 0.2) is 11.4 Å². The summed E-state index contributed by atoms with van der Waals surface area (Å²) < 4.78 is 54.3. The molecule has 1 aromatic heterocycles. The van der Waals surface area contributed by atoms with Gasteiger partial charge in [-0.05, 0) is 63.2 Å². The van der Waals surface area contributed by atoms with Gasteiger partial charge >= 0.3 is 6.18 Å². The maximum atomic E-state index is 13.6. The van der Waals surface area contributed by atoms with Crippen LogP contribution in [0.25, 0.3) is 5.69 Å². The molecule has 6 nitrogen and oxygen atoms in total. The maximum absolute atomic E-state index is 13.6. The molecule has 0 aliphatic carbocycles. The first-order valence-corrected chi connectivity index (χ1v) is 9.65. The zero-order valence-corrected chi connectivity index (χ0v) is 15.9. The molecule has 158 valence electrons. The summed E-state index contributed by atoms with van der Waals surface area (Å²) in [5.74, 6) is -1.52. The van der Waals surface area contributed by atoms with Crippen molar-refractivity contribution in [2.75, 3.05) is 26.2 Å². The van der Waals surface area contributed by atoms with Gasteiger partial charge in [0.25, 0.3) is 5.91 Å². The van der Waals surface area contributed by atoms with Gasteiger partial charge in [-0.3, -0.25) is 4.79 Å². The summed E-state index contributed by atoms with van der Waals surface area (Å²) in [5.41, 5.74) is -2.11. The van der Waals surface area contributed by atoms with Gasteiger partial charge in [-0.25, -0.2) is 9.07 Å². The molecule has 1 aliphatic rings. The number of halogens is 4. The van der Waals surface area contributed by atoms with Crippen molar-refractivity contribution < 1.29 is 22.4 Å². The average molecular weight is 413 g/mol. The minimum atomic E-state index is -4.85. The second-order valence-electron chi connectivity index (χ2n) is 7.04. The van der Waals surface area contributed by atoms with E-state index in [0.717, 1.165) is 56.7 Å². The van der Waals surface area contributed by atoms with Crippen molar-refractivity contribution in [3.8, 4) is 5.69 Å². The van der Waals surface area contributed by atoms with Crippen molar-refractivity contribution in [1.82, 2.24) is 25.2 Å². The topological polar surface area (TPSA) is 63.1 Å². The number of likely N-dealkylation sites (tertiary alicyclic amines) is 1. The van der Waals surface area contributed by atoms with Crippen LogP contribution >= 0.6 is 0 Å². The molecule has 1 N–H and O–H groups in total. The predicted molar refractivity (Wildman–Crippen MR) is 98.2 cm³/mol. The van der Waals surface area contributed by atoms with Crippen LogP contribution in [0.2, 0.25) is 0 Å². The lowest BCUT2D eigenvalue weighted by molar-refractivity contribution is -0.143. The largest absolute Gasteiger partial charge is 0.435 e. The van der Waals surface area contributed by atoms with Crippen molar-refractivity contribution in [1.29, 1.82) is 0 Å². The molecule has 2 heterocycles. The third-order valence-corrected chi connectivity index (χ3v) is 4.86. The highest BCUT2D eigenvalue weighted by Crippen LogP contribution is 2.32. The number of nitrogens with zero attached hydrogens (tertiary/aromatic N) is 4. The van der Waals surface area contributed by atoms with E-state index in [9.17, 15) is 22.4 Å². The first-order chi connectivity index (χ1) is 13.9. The van der Waals surface area contributed by atoms with E-state index in [1.807, 2.05) is 0 Å². The Kier molecular flexibility index (Phi) is 6.83. The standard InChI is InChI=1S/C19H23F4N5O/c20-14-6-8-15(9-7-14)28-17(19(21,22)23)16(25-26-28)18(29)24-10-5-13-27-11-3-1-2-4-12-27/h6-9H,1-5,10-13H2,(H,24,29). The fourth-order valence-electron chi connectivity index (χ4n) is 3.40. The molecule has 1 fully saturated rings. The van der Waals surface area contributed by atoms with Gasteiger partial charge in [-0.1, -0.05) is 18.1 Å². The molecule has 2 aromatic rings. The van der Waals surface area contributed by atoms with Crippen molar-refractivity contribution in [3.63, 3.8) is 0 Å². The summed E-state index contributed by atoms with van der Waals surface area (Å²) >= 11 is 0. The Morgan fingerprint density at radius 1 is 1.07 bits per heavy atom. The predicted octanol–water partition coefficient (Wildman–Crippen LogP) is 3.42. The van der Waals surface area contributed by atoms with Crippen LogP contribution in [0.5, 0.6) is 0 Å². The number of carbonyl (C=O) groups excluding carboxylic acids is 1. The van der Waals surface area contributed by atoms with E-state index < -0.39 is 29.3 Å². The third kappa shape index (κ3) is 5.53. The smallest absolute Gasteiger partial charge is 0.351 e. The zero-order valence-electron chi connectivity index (χ0n) is 15.9. The summed E-state index contributed by atoms with van der Waals surface area (Å²) in [6.07, 6.45) is 0.520. The van der Waals surface area contributed by atoms with E-state index in [1.165, 1.54) is 12.8 Å². The monoisotopic (exact) mass is 413 g/mol. The van der Waals surface area contributed by atoms with Crippen molar-refractivity contribution in [2.24, 2.45) is 0 Å². The molecular formula is C19H23F4N5O. The van der Waals surface area contributed by atoms with Gasteiger partial charge in [0.05, 0.1) is 5.69 Å². The van der Waals surface area contributed by atoms with Gasteiger partial charge in [-0.2, -0.15) is 13.2 Å². The molecule has 0 bridgehead atoms. The quantitative estimate of drug-likeness (QED) is 0.582. The molecule has 0 atom stereocenters. The molecular weight excluding hydrogens is 390 g/mol. The van der Waals surface area contributed by atoms with E-state index in [1.54, 1.807) is 0 Å². The van der Waals surface area contributed by atoms with E-state index >= 15 is 0 Å². The van der Waals surface area contributed by atoms with Crippen LogP contribution in [0.15, 0.2) is 24.3 Å². The fraction of sp³-hybridized carbons (Fsp3) is 0.526. The first kappa shape index (κ1) is 21.2. The minimum Gasteiger partial charge on any atom is -0.351 e. The molecule has 1 amide bonds. The second kappa shape index (κ2) is 9.34. The van der Waals surface area contributed by atoms with Crippen LogP contribution in [-0.4, -0.2) is 52.0 Å². The molecule has 0 spiro atoms. The number of nitrogens with one attached hydrogen (secondary N) is 1. The Morgan fingerprint density at radius 3 is 2.34 bits per heavy atom. The highest BCUT2D eigenvalue weighted by atomic mass is 19.4. The number of hydrogen-bond donors (Lipinski definition) is 1. The van der Waals surface area contributed by atoms with E-state index in [4.69, 9.17) is 0 Å². The maximum Gasteiger partial charge on any atom is 0.435 e. The first-order valence-electron chi connectivity index (χ1n) is 9.65. The Hall–Kier alpha value is -2.49. The van der Waals surface area contributed by atoms with E-state index in [0.29, 0.717) is 11.1 Å². The highest BCUT2D eigenvalue weighted by Gasteiger charge is 2.41. The van der Waals surface area contributed by atoms with Crippen molar-refractivity contribution in [3.05, 3.63) is 41.5 Å². The van der Waals surface area contributed by atoms with E-state index in [2.05, 4.69) is 20.5 Å². The molecule has 1 saturated heterocycles. The van der Waals surface area contributed by atoms with Crippen molar-refractivity contribution in [2.45, 2.75) is 38.3 Å². The summed E-state index contributed by atoms with van der Waals surface area (Å²) in [4.78, 5) is 14.6. The highest BCUT2D eigenvalue weighted by molar-refractivity contribution is 5.93. The number of amides is 1. The Bertz CT molecular complexity index is 811. The number of carbonyl (C=O) groups is 1. The fourth-order valence-corrected chi connectivity index (χ4v) is 3.40. The Labute approximate surface area is 165 Å². The van der Waals surface area contributed by atoms with Gasteiger partial charge in [0, 0.05) is 6.54 Å². The number of rotatable bonds is 6. The second-order valence-corrected chi connectivity index (χ2v) is 7.04. The lowest BCUT2D eigenvalue weighted by atomic mass is 10.2. The van der Waals surface area contributed by atoms with Crippen LogP contribution in [-0.2, 0) is 6.18 Å². The number of aromatic nitrogens is 3. The van der Waals surface area contributed by atoms with Crippen LogP contribution in [0.3, 0.4) is 0 Å². The van der Waals surface area contributed by atoms with Crippen LogP contribution < -0.4 is 5.32 Å². The zero-order chi connectivity index (χ0) is 20.9. The molecule has 0 unspecified atom stereocenters. The molecule has 1 aromatic carbocycles. The summed E-state index contributed by atoms with van der Waals surface area (Å²) in [6.45, 7) is 3.06. The lowest BCUT2D eigenvalue weighted by Gasteiger charge is -2.19. The Balaban J connectivity index is 1.66. The lowest BCUT2D eigenvalue weighted by Crippen LogP contribution is -2.31. The van der Waals surface area contributed by atoms with E-state index in [-0.39, 0.29) is 12.2 Å². The Morgan fingerprint density at radius 2 is 1.72 bits per heavy atom. The van der Waals surface area contributed by atoms with Gasteiger partial charge in [0.1, 0.15) is 5.82 Å². The van der Waals surface area contributed by atoms with Crippen LogP contribution in [0.4, 0.5) is 17.6 Å². The van der Waals surface area contributed by atoms with Gasteiger partial charge < -0.3 is 10.2 Å².